The van der Waals surface area contributed by atoms with Crippen LogP contribution in [-0.4, -0.2) is 12.0 Å². The van der Waals surface area contributed by atoms with Gasteiger partial charge >= 0.3 is 6.18 Å². The molecule has 0 saturated carbocycles. The van der Waals surface area contributed by atoms with Crippen LogP contribution in [0, 0.1) is 0 Å². The number of hydrogen-bond donors (Lipinski definition) is 0. The highest BCUT2D eigenvalue weighted by Gasteiger charge is 2.31. The number of furan rings is 1. The van der Waals surface area contributed by atoms with Gasteiger partial charge in [-0.1, -0.05) is 11.6 Å². The number of rotatable bonds is 3. The summed E-state index contributed by atoms with van der Waals surface area (Å²) < 4.78 is 42.9. The van der Waals surface area contributed by atoms with Gasteiger partial charge in [-0.25, -0.2) is 4.98 Å². The third kappa shape index (κ3) is 3.41. The van der Waals surface area contributed by atoms with Gasteiger partial charge in [0.05, 0.1) is 18.1 Å². The number of nitrogens with zero attached hydrogens (tertiary/aromatic N) is 2. The van der Waals surface area contributed by atoms with Gasteiger partial charge in [-0.3, -0.25) is 0 Å². The van der Waals surface area contributed by atoms with Crippen LogP contribution in [0.5, 0.6) is 0 Å². The zero-order valence-corrected chi connectivity index (χ0v) is 10.7. The van der Waals surface area contributed by atoms with Gasteiger partial charge in [-0.15, -0.1) is 0 Å². The molecule has 0 aliphatic carbocycles. The average Bonchev–Trinajstić information content (AvgIpc) is 2.79. The van der Waals surface area contributed by atoms with Crippen LogP contribution < -0.4 is 4.90 Å². The molecule has 0 atom stereocenters. The van der Waals surface area contributed by atoms with Gasteiger partial charge in [0.25, 0.3) is 0 Å². The van der Waals surface area contributed by atoms with Crippen LogP contribution >= 0.6 is 11.6 Å². The highest BCUT2D eigenvalue weighted by Crippen LogP contribution is 2.32. The molecule has 0 N–H and O–H groups in total. The molecule has 2 heterocycles. The van der Waals surface area contributed by atoms with Gasteiger partial charge in [0.1, 0.15) is 11.0 Å². The zero-order chi connectivity index (χ0) is 14.0. The SMILES string of the molecule is CN(Cc1ccoc1)c1cc(C(F)(F)F)cc(Cl)n1. The molecule has 0 saturated heterocycles. The van der Waals surface area contributed by atoms with E-state index in [1.165, 1.54) is 12.5 Å². The summed E-state index contributed by atoms with van der Waals surface area (Å²) in [6, 6.07) is 3.49. The summed E-state index contributed by atoms with van der Waals surface area (Å²) in [5.41, 5.74) is 0.0133. The summed E-state index contributed by atoms with van der Waals surface area (Å²) in [6.45, 7) is 0.376. The quantitative estimate of drug-likeness (QED) is 0.801. The predicted octanol–water partition coefficient (Wildman–Crippen LogP) is 3.98. The van der Waals surface area contributed by atoms with Crippen molar-refractivity contribution in [2.45, 2.75) is 12.7 Å². The molecule has 3 nitrogen and oxygen atoms in total. The largest absolute Gasteiger partial charge is 0.472 e. The van der Waals surface area contributed by atoms with E-state index in [1.54, 1.807) is 18.0 Å². The van der Waals surface area contributed by atoms with Gasteiger partial charge in [0.15, 0.2) is 0 Å². The average molecular weight is 291 g/mol. The highest BCUT2D eigenvalue weighted by molar-refractivity contribution is 6.29. The lowest BCUT2D eigenvalue weighted by molar-refractivity contribution is -0.137. The molecule has 0 bridgehead atoms. The molecular weight excluding hydrogens is 281 g/mol. The topological polar surface area (TPSA) is 29.3 Å². The number of anilines is 1. The van der Waals surface area contributed by atoms with Gasteiger partial charge in [0.2, 0.25) is 0 Å². The molecule has 2 aromatic rings. The van der Waals surface area contributed by atoms with Crippen molar-refractivity contribution in [2.24, 2.45) is 0 Å². The molecule has 2 rings (SSSR count). The number of hydrogen-bond acceptors (Lipinski definition) is 3. The monoisotopic (exact) mass is 290 g/mol. The lowest BCUT2D eigenvalue weighted by Gasteiger charge is -2.19. The van der Waals surface area contributed by atoms with Gasteiger partial charge in [0, 0.05) is 19.2 Å². The zero-order valence-electron chi connectivity index (χ0n) is 9.91. The number of halogens is 4. The normalized spacial score (nSPS) is 11.6. The van der Waals surface area contributed by atoms with Crippen molar-refractivity contribution in [3.8, 4) is 0 Å². The Hall–Kier alpha value is -1.69. The first kappa shape index (κ1) is 13.7. The van der Waals surface area contributed by atoms with Crippen molar-refractivity contribution in [3.05, 3.63) is 47.0 Å². The van der Waals surface area contributed by atoms with Crippen LogP contribution in [0.15, 0.2) is 35.1 Å². The van der Waals surface area contributed by atoms with Gasteiger partial charge < -0.3 is 9.32 Å². The van der Waals surface area contributed by atoms with Crippen molar-refractivity contribution in [3.63, 3.8) is 0 Å². The van der Waals surface area contributed by atoms with Crippen molar-refractivity contribution in [2.75, 3.05) is 11.9 Å². The molecule has 0 spiro atoms. The summed E-state index contributed by atoms with van der Waals surface area (Å²) in [4.78, 5) is 5.45. The van der Waals surface area contributed by atoms with Crippen molar-refractivity contribution < 1.29 is 17.6 Å². The van der Waals surface area contributed by atoms with E-state index in [1.807, 2.05) is 0 Å². The summed E-state index contributed by atoms with van der Waals surface area (Å²) >= 11 is 5.63. The van der Waals surface area contributed by atoms with Gasteiger partial charge in [-0.2, -0.15) is 13.2 Å². The second-order valence-corrected chi connectivity index (χ2v) is 4.41. The molecule has 0 radical (unpaired) electrons. The Morgan fingerprint density at radius 3 is 2.68 bits per heavy atom. The van der Waals surface area contributed by atoms with Crippen LogP contribution in [0.4, 0.5) is 19.0 Å². The van der Waals surface area contributed by atoms with Crippen molar-refractivity contribution >= 4 is 17.4 Å². The van der Waals surface area contributed by atoms with E-state index in [9.17, 15) is 13.2 Å². The fraction of sp³-hybridized carbons (Fsp3) is 0.250. The van der Waals surface area contributed by atoms with E-state index in [4.69, 9.17) is 16.0 Å². The van der Waals surface area contributed by atoms with E-state index >= 15 is 0 Å². The Kier molecular flexibility index (Phi) is 3.71. The number of pyridine rings is 1. The lowest BCUT2D eigenvalue weighted by Crippen LogP contribution is -2.18. The van der Waals surface area contributed by atoms with Crippen LogP contribution in [0.1, 0.15) is 11.1 Å². The maximum Gasteiger partial charge on any atom is 0.416 e. The van der Waals surface area contributed by atoms with Crippen LogP contribution in [0.3, 0.4) is 0 Å². The predicted molar refractivity (Wildman–Crippen MR) is 65.1 cm³/mol. The molecule has 102 valence electrons. The summed E-state index contributed by atoms with van der Waals surface area (Å²) in [6.07, 6.45) is -1.43. The van der Waals surface area contributed by atoms with Gasteiger partial charge in [-0.05, 0) is 18.2 Å². The van der Waals surface area contributed by atoms with Crippen LogP contribution in [0.25, 0.3) is 0 Å². The highest BCUT2D eigenvalue weighted by atomic mass is 35.5. The summed E-state index contributed by atoms with van der Waals surface area (Å²) in [5, 5.41) is -0.191. The maximum absolute atomic E-state index is 12.7. The third-order valence-electron chi connectivity index (χ3n) is 2.50. The maximum atomic E-state index is 12.7. The Labute approximate surface area is 112 Å². The van der Waals surface area contributed by atoms with E-state index in [2.05, 4.69) is 4.98 Å². The number of alkyl halides is 3. The standard InChI is InChI=1S/C12H10ClF3N2O/c1-18(6-8-2-3-19-7-8)11-5-9(12(14,15)16)4-10(13)17-11/h2-5,7H,6H2,1H3. The Morgan fingerprint density at radius 1 is 1.37 bits per heavy atom. The molecule has 7 heteroatoms. The minimum atomic E-state index is -4.45. The van der Waals surface area contributed by atoms with E-state index in [0.717, 1.165) is 17.7 Å². The minimum absolute atomic E-state index is 0.154. The first-order chi connectivity index (χ1) is 8.86. The second-order valence-electron chi connectivity index (χ2n) is 4.02. The fourth-order valence-corrected chi connectivity index (χ4v) is 1.78. The van der Waals surface area contributed by atoms with Crippen LogP contribution in [-0.2, 0) is 12.7 Å². The summed E-state index contributed by atoms with van der Waals surface area (Å²) in [5.74, 6) is 0.154. The molecule has 19 heavy (non-hydrogen) atoms. The lowest BCUT2D eigenvalue weighted by atomic mass is 10.2. The first-order valence-electron chi connectivity index (χ1n) is 5.33. The molecule has 0 aliphatic rings. The van der Waals surface area contributed by atoms with E-state index < -0.39 is 11.7 Å². The first-order valence-corrected chi connectivity index (χ1v) is 5.71. The Balaban J connectivity index is 2.26. The molecule has 0 unspecified atom stereocenters. The van der Waals surface area contributed by atoms with Crippen molar-refractivity contribution in [1.82, 2.24) is 4.98 Å². The molecule has 0 aromatic carbocycles. The number of aromatic nitrogens is 1. The van der Waals surface area contributed by atoms with Crippen molar-refractivity contribution in [1.29, 1.82) is 0 Å². The molecule has 0 amide bonds. The third-order valence-corrected chi connectivity index (χ3v) is 2.69. The minimum Gasteiger partial charge on any atom is -0.472 e. The Bertz CT molecular complexity index is 555. The molecule has 0 fully saturated rings. The van der Waals surface area contributed by atoms with E-state index in [0.29, 0.717) is 6.54 Å². The second kappa shape index (κ2) is 5.13. The molecule has 2 aromatic heterocycles. The summed E-state index contributed by atoms with van der Waals surface area (Å²) in [7, 11) is 1.63. The molecule has 0 aliphatic heterocycles. The van der Waals surface area contributed by atoms with Crippen LogP contribution in [0.2, 0.25) is 5.15 Å². The fourth-order valence-electron chi connectivity index (χ4n) is 1.58. The van der Waals surface area contributed by atoms with E-state index in [-0.39, 0.29) is 11.0 Å². The Morgan fingerprint density at radius 2 is 2.11 bits per heavy atom. The molecular formula is C12H10ClF3N2O. The smallest absolute Gasteiger partial charge is 0.416 e.